The number of aromatic nitrogens is 2. The number of carbonyl (C=O) groups excluding carboxylic acids is 1. The summed E-state index contributed by atoms with van der Waals surface area (Å²) < 4.78 is 39.6. The molecule has 5 nitrogen and oxygen atoms in total. The Hall–Kier alpha value is -3.13. The van der Waals surface area contributed by atoms with Crippen molar-refractivity contribution in [3.63, 3.8) is 0 Å². The molecule has 0 radical (unpaired) electrons. The van der Waals surface area contributed by atoms with Crippen molar-refractivity contribution in [1.29, 1.82) is 0 Å². The summed E-state index contributed by atoms with van der Waals surface area (Å²) in [5.41, 5.74) is 0.285. The summed E-state index contributed by atoms with van der Waals surface area (Å²) in [6.07, 6.45) is 0. The number of carbonyl (C=O) groups is 1. The molecule has 132 valence electrons. The first-order chi connectivity index (χ1) is 12.4. The molecule has 0 bridgehead atoms. The standard InChI is InChI=1S/C17H10ClF3N4O/c18-11-8-10(2-3-12(11)20)22-17(26)15-5-6-16(25-24-15)23-14-4-1-9(19)7-13(14)21/h1-8H,(H,22,26)(H,23,25). The van der Waals surface area contributed by atoms with Crippen LogP contribution in [0.1, 0.15) is 10.5 Å². The monoisotopic (exact) mass is 378 g/mol. The van der Waals surface area contributed by atoms with Gasteiger partial charge in [-0.05, 0) is 42.5 Å². The van der Waals surface area contributed by atoms with Crippen molar-refractivity contribution in [2.45, 2.75) is 0 Å². The van der Waals surface area contributed by atoms with E-state index in [4.69, 9.17) is 11.6 Å². The van der Waals surface area contributed by atoms with Crippen LogP contribution >= 0.6 is 11.6 Å². The van der Waals surface area contributed by atoms with E-state index in [1.165, 1.54) is 30.3 Å². The molecule has 3 aromatic rings. The van der Waals surface area contributed by atoms with E-state index in [1.807, 2.05) is 0 Å². The molecule has 26 heavy (non-hydrogen) atoms. The smallest absolute Gasteiger partial charge is 0.276 e. The molecule has 0 aliphatic heterocycles. The Labute approximate surface area is 150 Å². The lowest BCUT2D eigenvalue weighted by Crippen LogP contribution is -2.14. The van der Waals surface area contributed by atoms with Gasteiger partial charge in [-0.2, -0.15) is 0 Å². The summed E-state index contributed by atoms with van der Waals surface area (Å²) in [4.78, 5) is 12.1. The maximum absolute atomic E-state index is 13.6. The van der Waals surface area contributed by atoms with Gasteiger partial charge in [0.2, 0.25) is 0 Å². The molecule has 0 aliphatic rings. The van der Waals surface area contributed by atoms with E-state index in [1.54, 1.807) is 0 Å². The highest BCUT2D eigenvalue weighted by Crippen LogP contribution is 2.21. The second-order valence-electron chi connectivity index (χ2n) is 5.14. The molecule has 1 heterocycles. The summed E-state index contributed by atoms with van der Waals surface area (Å²) in [6, 6.07) is 9.52. The van der Waals surface area contributed by atoms with E-state index in [2.05, 4.69) is 20.8 Å². The molecule has 9 heteroatoms. The SMILES string of the molecule is O=C(Nc1ccc(F)c(Cl)c1)c1ccc(Nc2ccc(F)cc2F)nn1. The maximum atomic E-state index is 13.6. The van der Waals surface area contributed by atoms with Crippen LogP contribution in [0.3, 0.4) is 0 Å². The zero-order chi connectivity index (χ0) is 18.7. The molecular formula is C17H10ClF3N4O. The number of halogens is 4. The molecule has 0 atom stereocenters. The number of hydrogen-bond donors (Lipinski definition) is 2. The van der Waals surface area contributed by atoms with Crippen molar-refractivity contribution < 1.29 is 18.0 Å². The molecule has 0 unspecified atom stereocenters. The number of amides is 1. The fourth-order valence-corrected chi connectivity index (χ4v) is 2.20. The van der Waals surface area contributed by atoms with Gasteiger partial charge in [-0.15, -0.1) is 10.2 Å². The average Bonchev–Trinajstić information content (AvgIpc) is 2.61. The number of nitrogens with zero attached hydrogens (tertiary/aromatic N) is 2. The Balaban J connectivity index is 1.70. The first kappa shape index (κ1) is 17.7. The highest BCUT2D eigenvalue weighted by atomic mass is 35.5. The molecule has 2 aromatic carbocycles. The second-order valence-corrected chi connectivity index (χ2v) is 5.54. The summed E-state index contributed by atoms with van der Waals surface area (Å²) in [6.45, 7) is 0. The van der Waals surface area contributed by atoms with Crippen molar-refractivity contribution >= 4 is 34.7 Å². The van der Waals surface area contributed by atoms with Gasteiger partial charge in [-0.25, -0.2) is 13.2 Å². The quantitative estimate of drug-likeness (QED) is 0.699. The third-order valence-corrected chi connectivity index (χ3v) is 3.56. The molecule has 0 saturated heterocycles. The van der Waals surface area contributed by atoms with Gasteiger partial charge in [0.05, 0.1) is 10.7 Å². The second kappa shape index (κ2) is 7.40. The third-order valence-electron chi connectivity index (χ3n) is 3.27. The molecule has 0 fully saturated rings. The predicted molar refractivity (Wildman–Crippen MR) is 91.0 cm³/mol. The van der Waals surface area contributed by atoms with E-state index in [0.717, 1.165) is 18.2 Å². The van der Waals surface area contributed by atoms with Gasteiger partial charge < -0.3 is 10.6 Å². The topological polar surface area (TPSA) is 66.9 Å². The first-order valence-electron chi connectivity index (χ1n) is 7.24. The minimum absolute atomic E-state index is 0.0128. The summed E-state index contributed by atoms with van der Waals surface area (Å²) >= 11 is 5.65. The van der Waals surface area contributed by atoms with Crippen LogP contribution in [0.5, 0.6) is 0 Å². The van der Waals surface area contributed by atoms with Gasteiger partial charge in [0.15, 0.2) is 11.5 Å². The van der Waals surface area contributed by atoms with Crippen LogP contribution in [0.4, 0.5) is 30.4 Å². The zero-order valence-electron chi connectivity index (χ0n) is 12.9. The number of nitrogens with one attached hydrogen (secondary N) is 2. The number of anilines is 3. The minimum Gasteiger partial charge on any atom is -0.336 e. The lowest BCUT2D eigenvalue weighted by molar-refractivity contribution is 0.102. The van der Waals surface area contributed by atoms with Crippen LogP contribution in [0.25, 0.3) is 0 Å². The Kier molecular flexibility index (Phi) is 5.04. The van der Waals surface area contributed by atoms with Crippen molar-refractivity contribution in [3.8, 4) is 0 Å². The van der Waals surface area contributed by atoms with Crippen molar-refractivity contribution in [2.75, 3.05) is 10.6 Å². The van der Waals surface area contributed by atoms with E-state index < -0.39 is 23.4 Å². The lowest BCUT2D eigenvalue weighted by atomic mass is 10.3. The highest BCUT2D eigenvalue weighted by molar-refractivity contribution is 6.31. The van der Waals surface area contributed by atoms with Crippen molar-refractivity contribution in [3.05, 3.63) is 76.7 Å². The van der Waals surface area contributed by atoms with Gasteiger partial charge in [0, 0.05) is 11.8 Å². The van der Waals surface area contributed by atoms with E-state index in [-0.39, 0.29) is 22.2 Å². The first-order valence-corrected chi connectivity index (χ1v) is 7.62. The third kappa shape index (κ3) is 4.09. The average molecular weight is 379 g/mol. The predicted octanol–water partition coefficient (Wildman–Crippen LogP) is 4.54. The molecule has 0 saturated carbocycles. The van der Waals surface area contributed by atoms with Gasteiger partial charge in [-0.1, -0.05) is 11.6 Å². The minimum atomic E-state index is -0.790. The molecule has 0 aliphatic carbocycles. The summed E-state index contributed by atoms with van der Waals surface area (Å²) in [7, 11) is 0. The van der Waals surface area contributed by atoms with Crippen molar-refractivity contribution in [1.82, 2.24) is 10.2 Å². The van der Waals surface area contributed by atoms with Crippen molar-refractivity contribution in [2.24, 2.45) is 0 Å². The summed E-state index contributed by atoms with van der Waals surface area (Å²) in [5, 5.41) is 12.5. The fraction of sp³-hybridized carbons (Fsp3) is 0. The van der Waals surface area contributed by atoms with Gasteiger partial charge >= 0.3 is 0 Å². The van der Waals surface area contributed by atoms with Crippen LogP contribution in [-0.4, -0.2) is 16.1 Å². The Morgan fingerprint density at radius 2 is 1.73 bits per heavy atom. The number of benzene rings is 2. The van der Waals surface area contributed by atoms with E-state index in [9.17, 15) is 18.0 Å². The Bertz CT molecular complexity index is 967. The van der Waals surface area contributed by atoms with E-state index in [0.29, 0.717) is 5.69 Å². The van der Waals surface area contributed by atoms with Crippen LogP contribution in [0, 0.1) is 17.5 Å². The maximum Gasteiger partial charge on any atom is 0.276 e. The summed E-state index contributed by atoms with van der Waals surface area (Å²) in [5.74, 6) is -2.52. The molecular weight excluding hydrogens is 369 g/mol. The molecule has 3 rings (SSSR count). The van der Waals surface area contributed by atoms with Crippen LogP contribution in [0.2, 0.25) is 5.02 Å². The van der Waals surface area contributed by atoms with Gasteiger partial charge in [-0.3, -0.25) is 4.79 Å². The van der Waals surface area contributed by atoms with Gasteiger partial charge in [0.25, 0.3) is 5.91 Å². The van der Waals surface area contributed by atoms with Crippen LogP contribution in [-0.2, 0) is 0 Å². The molecule has 0 spiro atoms. The van der Waals surface area contributed by atoms with Crippen LogP contribution < -0.4 is 10.6 Å². The highest BCUT2D eigenvalue weighted by Gasteiger charge is 2.11. The molecule has 2 N–H and O–H groups in total. The Morgan fingerprint density at radius 3 is 2.38 bits per heavy atom. The Morgan fingerprint density at radius 1 is 0.923 bits per heavy atom. The van der Waals surface area contributed by atoms with E-state index >= 15 is 0 Å². The number of hydrogen-bond acceptors (Lipinski definition) is 4. The largest absolute Gasteiger partial charge is 0.336 e. The molecule has 1 aromatic heterocycles. The lowest BCUT2D eigenvalue weighted by Gasteiger charge is -2.08. The molecule has 1 amide bonds. The van der Waals surface area contributed by atoms with Crippen LogP contribution in [0.15, 0.2) is 48.5 Å². The zero-order valence-corrected chi connectivity index (χ0v) is 13.7. The number of rotatable bonds is 4. The fourth-order valence-electron chi connectivity index (χ4n) is 2.02. The normalized spacial score (nSPS) is 10.5. The van der Waals surface area contributed by atoms with Gasteiger partial charge in [0.1, 0.15) is 17.5 Å².